The largest absolute Gasteiger partial charge is 0.379 e. The average Bonchev–Trinajstić information content (AvgIpc) is 3.36. The predicted molar refractivity (Wildman–Crippen MR) is 123 cm³/mol. The second kappa shape index (κ2) is 9.31. The van der Waals surface area contributed by atoms with Gasteiger partial charge < -0.3 is 10.1 Å². The minimum Gasteiger partial charge on any atom is -0.379 e. The number of hydrogen-bond acceptors (Lipinski definition) is 8. The molecule has 0 saturated carbocycles. The van der Waals surface area contributed by atoms with Crippen LogP contribution in [0.1, 0.15) is 32.1 Å². The fraction of sp³-hybridized carbons (Fsp3) is 0.739. The maximum absolute atomic E-state index is 7.47. The molecule has 4 fully saturated rings. The van der Waals surface area contributed by atoms with E-state index in [1.807, 2.05) is 0 Å². The van der Waals surface area contributed by atoms with Crippen LogP contribution in [0.25, 0.3) is 0 Å². The molecule has 2 unspecified atom stereocenters. The van der Waals surface area contributed by atoms with E-state index in [9.17, 15) is 0 Å². The van der Waals surface area contributed by atoms with Crippen LogP contribution < -0.4 is 16.4 Å². The lowest BCUT2D eigenvalue weighted by Gasteiger charge is -2.67. The monoisotopic (exact) mass is 429 g/mol. The van der Waals surface area contributed by atoms with Crippen molar-refractivity contribution in [3.05, 3.63) is 30.3 Å². The van der Waals surface area contributed by atoms with Gasteiger partial charge in [0, 0.05) is 58.0 Å². The van der Waals surface area contributed by atoms with Gasteiger partial charge in [-0.1, -0.05) is 24.6 Å². The molecule has 4 aliphatic rings. The second-order valence-electron chi connectivity index (χ2n) is 9.29. The number of hydrogen-bond donors (Lipinski definition) is 3. The van der Waals surface area contributed by atoms with Crippen molar-refractivity contribution in [1.29, 1.82) is 0 Å². The summed E-state index contributed by atoms with van der Waals surface area (Å²) in [6.07, 6.45) is 6.23. The minimum atomic E-state index is -0.813. The summed E-state index contributed by atoms with van der Waals surface area (Å²) in [7, 11) is 0. The molecule has 4 saturated heterocycles. The molecule has 1 aromatic carbocycles. The van der Waals surface area contributed by atoms with Crippen LogP contribution in [0.2, 0.25) is 0 Å². The van der Waals surface area contributed by atoms with E-state index in [0.717, 1.165) is 71.3 Å². The fourth-order valence-corrected chi connectivity index (χ4v) is 6.11. The molecule has 0 amide bonds. The molecule has 8 heteroatoms. The molecule has 0 spiro atoms. The summed E-state index contributed by atoms with van der Waals surface area (Å²) < 4.78 is 5.72. The highest BCUT2D eigenvalue weighted by Crippen LogP contribution is 2.41. The number of piperidine rings is 1. The third-order valence-electron chi connectivity index (χ3n) is 7.40. The lowest BCUT2D eigenvalue weighted by Crippen LogP contribution is -2.93. The summed E-state index contributed by atoms with van der Waals surface area (Å²) in [5.41, 5.74) is 8.53. The molecule has 4 heterocycles. The van der Waals surface area contributed by atoms with E-state index in [0.29, 0.717) is 0 Å². The Bertz CT molecular complexity index is 703. The van der Waals surface area contributed by atoms with Gasteiger partial charge in [-0.25, -0.2) is 10.0 Å². The highest BCUT2D eigenvalue weighted by molar-refractivity contribution is 5.46. The molecular formula is C23H39N7O. The molecule has 1 aromatic rings. The van der Waals surface area contributed by atoms with Gasteiger partial charge in [0.25, 0.3) is 0 Å². The third kappa shape index (κ3) is 3.88. The van der Waals surface area contributed by atoms with E-state index in [2.05, 4.69) is 60.8 Å². The number of nitrogens with two attached hydrogens (primary N) is 1. The van der Waals surface area contributed by atoms with Crippen molar-refractivity contribution in [2.75, 3.05) is 70.9 Å². The van der Waals surface area contributed by atoms with E-state index in [-0.39, 0.29) is 0 Å². The Morgan fingerprint density at radius 2 is 1.42 bits per heavy atom. The second-order valence-corrected chi connectivity index (χ2v) is 9.29. The number of piperazine rings is 1. The van der Waals surface area contributed by atoms with Crippen molar-refractivity contribution >= 4 is 5.69 Å². The van der Waals surface area contributed by atoms with Gasteiger partial charge in [-0.15, -0.1) is 0 Å². The van der Waals surface area contributed by atoms with Crippen molar-refractivity contribution in [1.82, 2.24) is 25.1 Å². The first kappa shape index (κ1) is 21.6. The first-order valence-electron chi connectivity index (χ1n) is 12.2. The van der Waals surface area contributed by atoms with Crippen molar-refractivity contribution in [3.63, 3.8) is 0 Å². The van der Waals surface area contributed by atoms with Crippen LogP contribution in [0.3, 0.4) is 0 Å². The SMILES string of the molecule is NC1(Nc2ccccc2)NCCN(N2CCOCC2)C1(N1CCCCC1)N1CCCC1. The van der Waals surface area contributed by atoms with E-state index in [4.69, 9.17) is 10.5 Å². The number of hydrazine groups is 1. The summed E-state index contributed by atoms with van der Waals surface area (Å²) >= 11 is 0. The maximum Gasteiger partial charge on any atom is 0.196 e. The van der Waals surface area contributed by atoms with Gasteiger partial charge in [-0.3, -0.25) is 20.9 Å². The summed E-state index contributed by atoms with van der Waals surface area (Å²) in [6.45, 7) is 9.51. The maximum atomic E-state index is 7.47. The molecule has 0 aromatic heterocycles. The van der Waals surface area contributed by atoms with Gasteiger partial charge in [-0.2, -0.15) is 0 Å². The predicted octanol–water partition coefficient (Wildman–Crippen LogP) is 1.10. The van der Waals surface area contributed by atoms with Gasteiger partial charge in [-0.05, 0) is 37.8 Å². The van der Waals surface area contributed by atoms with Gasteiger partial charge >= 0.3 is 0 Å². The zero-order valence-corrected chi connectivity index (χ0v) is 18.8. The van der Waals surface area contributed by atoms with Crippen molar-refractivity contribution in [3.8, 4) is 0 Å². The number of rotatable bonds is 5. The Morgan fingerprint density at radius 3 is 2.06 bits per heavy atom. The number of morpholine rings is 1. The number of nitrogens with zero attached hydrogens (tertiary/aromatic N) is 4. The Balaban J connectivity index is 1.61. The molecule has 31 heavy (non-hydrogen) atoms. The molecule has 8 nitrogen and oxygen atoms in total. The van der Waals surface area contributed by atoms with Gasteiger partial charge in [0.15, 0.2) is 11.6 Å². The molecule has 2 atom stereocenters. The summed E-state index contributed by atoms with van der Waals surface area (Å²) in [6, 6.07) is 10.4. The highest BCUT2D eigenvalue weighted by atomic mass is 16.5. The van der Waals surface area contributed by atoms with Crippen LogP contribution in [0.15, 0.2) is 30.3 Å². The molecule has 0 bridgehead atoms. The zero-order valence-electron chi connectivity index (χ0n) is 18.8. The van der Waals surface area contributed by atoms with Gasteiger partial charge in [0.1, 0.15) is 0 Å². The normalized spacial score (nSPS) is 34.7. The topological polar surface area (TPSA) is 72.3 Å². The Labute approximate surface area is 186 Å². The highest BCUT2D eigenvalue weighted by Gasteiger charge is 2.64. The number of para-hydroxylation sites is 1. The van der Waals surface area contributed by atoms with Crippen LogP contribution in [-0.4, -0.2) is 97.0 Å². The molecule has 172 valence electrons. The summed E-state index contributed by atoms with van der Waals surface area (Å²) in [4.78, 5) is 5.34. The molecular weight excluding hydrogens is 390 g/mol. The van der Waals surface area contributed by atoms with Crippen molar-refractivity contribution in [2.45, 2.75) is 43.7 Å². The van der Waals surface area contributed by atoms with Crippen LogP contribution >= 0.6 is 0 Å². The number of anilines is 1. The van der Waals surface area contributed by atoms with Crippen molar-refractivity contribution in [2.24, 2.45) is 5.73 Å². The Kier molecular flexibility index (Phi) is 6.48. The van der Waals surface area contributed by atoms with E-state index < -0.39 is 11.6 Å². The smallest absolute Gasteiger partial charge is 0.196 e. The number of nitrogens with one attached hydrogen (secondary N) is 2. The van der Waals surface area contributed by atoms with Gasteiger partial charge in [0.2, 0.25) is 0 Å². The Hall–Kier alpha value is -1.26. The fourth-order valence-electron chi connectivity index (χ4n) is 6.11. The van der Waals surface area contributed by atoms with Gasteiger partial charge in [0.05, 0.1) is 13.2 Å². The van der Waals surface area contributed by atoms with Crippen LogP contribution in [-0.2, 0) is 4.74 Å². The molecule has 4 aliphatic heterocycles. The number of benzene rings is 1. The molecule has 0 radical (unpaired) electrons. The van der Waals surface area contributed by atoms with E-state index >= 15 is 0 Å². The number of likely N-dealkylation sites (tertiary alicyclic amines) is 2. The first-order chi connectivity index (χ1) is 15.2. The van der Waals surface area contributed by atoms with Crippen LogP contribution in [0.4, 0.5) is 5.69 Å². The number of ether oxygens (including phenoxy) is 1. The summed E-state index contributed by atoms with van der Waals surface area (Å²) in [5.74, 6) is -1.28. The zero-order chi connectivity index (χ0) is 21.2. The van der Waals surface area contributed by atoms with Crippen molar-refractivity contribution < 1.29 is 4.74 Å². The van der Waals surface area contributed by atoms with E-state index in [1.54, 1.807) is 0 Å². The summed E-state index contributed by atoms with van der Waals surface area (Å²) in [5, 5.41) is 12.7. The molecule has 5 rings (SSSR count). The molecule has 4 N–H and O–H groups in total. The standard InChI is InChI=1S/C23H39N7O/c24-22(26-21-9-3-1-4-10-21)23(28-14-7-8-15-28,27-12-5-2-6-13-27)30(16-11-25-22)29-17-19-31-20-18-29/h1,3-4,9-10,25-26H,2,5-8,11-20,24H2. The average molecular weight is 430 g/mol. The minimum absolute atomic E-state index is 0.463. The Morgan fingerprint density at radius 1 is 0.806 bits per heavy atom. The molecule has 0 aliphatic carbocycles. The van der Waals surface area contributed by atoms with Crippen LogP contribution in [0, 0.1) is 0 Å². The third-order valence-corrected chi connectivity index (χ3v) is 7.40. The van der Waals surface area contributed by atoms with Crippen LogP contribution in [0.5, 0.6) is 0 Å². The first-order valence-corrected chi connectivity index (χ1v) is 12.2. The van der Waals surface area contributed by atoms with E-state index in [1.165, 1.54) is 32.1 Å². The lowest BCUT2D eigenvalue weighted by molar-refractivity contribution is -0.300. The lowest BCUT2D eigenvalue weighted by atomic mass is 9.97. The quantitative estimate of drug-likeness (QED) is 0.601.